The molecule has 0 bridgehead atoms. The highest BCUT2D eigenvalue weighted by Gasteiger charge is 2.32. The van der Waals surface area contributed by atoms with Crippen LogP contribution in [0.3, 0.4) is 0 Å². The molecule has 0 spiro atoms. The molecule has 1 aliphatic carbocycles. The SMILES string of the molecule is C=C1C=C(F)[C+](Cl)C(C)=C1Cl. The van der Waals surface area contributed by atoms with Crippen molar-refractivity contribution in [1.82, 2.24) is 0 Å². The van der Waals surface area contributed by atoms with Crippen LogP contribution in [-0.2, 0) is 0 Å². The largest absolute Gasteiger partial charge is 0.251 e. The van der Waals surface area contributed by atoms with Crippen molar-refractivity contribution < 1.29 is 4.39 Å². The third kappa shape index (κ3) is 1.44. The summed E-state index contributed by atoms with van der Waals surface area (Å²) in [6.07, 6.45) is 1.22. The van der Waals surface area contributed by atoms with Gasteiger partial charge in [0.2, 0.25) is 0 Å². The topological polar surface area (TPSA) is 0 Å². The molecular formula is C8H6Cl2F+. The van der Waals surface area contributed by atoms with Crippen LogP contribution in [0.25, 0.3) is 0 Å². The molecule has 0 atom stereocenters. The molecule has 0 amide bonds. The Kier molecular flexibility index (Phi) is 2.31. The van der Waals surface area contributed by atoms with Crippen molar-refractivity contribution >= 4 is 23.2 Å². The molecule has 0 aromatic carbocycles. The Balaban J connectivity index is 3.08. The predicted molar refractivity (Wildman–Crippen MR) is 46.0 cm³/mol. The molecule has 0 N–H and O–H groups in total. The first kappa shape index (κ1) is 8.69. The third-order valence-electron chi connectivity index (χ3n) is 1.45. The zero-order valence-corrected chi connectivity index (χ0v) is 7.43. The number of halogens is 3. The van der Waals surface area contributed by atoms with Gasteiger partial charge in [-0.15, -0.1) is 0 Å². The van der Waals surface area contributed by atoms with Crippen molar-refractivity contribution in [2.75, 3.05) is 0 Å². The fourth-order valence-corrected chi connectivity index (χ4v) is 1.14. The maximum absolute atomic E-state index is 12.8. The van der Waals surface area contributed by atoms with E-state index in [1.807, 2.05) is 0 Å². The fraction of sp³-hybridized carbons (Fsp3) is 0.125. The van der Waals surface area contributed by atoms with Gasteiger partial charge in [-0.2, -0.15) is 4.39 Å². The van der Waals surface area contributed by atoms with Crippen molar-refractivity contribution in [3.05, 3.63) is 40.0 Å². The highest BCUT2D eigenvalue weighted by Crippen LogP contribution is 2.38. The summed E-state index contributed by atoms with van der Waals surface area (Å²) in [6, 6.07) is 0. The van der Waals surface area contributed by atoms with E-state index in [1.165, 1.54) is 6.08 Å². The minimum atomic E-state index is -0.474. The van der Waals surface area contributed by atoms with E-state index in [-0.39, 0.29) is 5.38 Å². The molecule has 11 heavy (non-hydrogen) atoms. The number of hydrogen-bond donors (Lipinski definition) is 0. The second kappa shape index (κ2) is 2.92. The van der Waals surface area contributed by atoms with E-state index in [2.05, 4.69) is 6.58 Å². The van der Waals surface area contributed by atoms with Crippen LogP contribution in [-0.4, -0.2) is 0 Å². The van der Waals surface area contributed by atoms with E-state index in [4.69, 9.17) is 23.2 Å². The first-order valence-electron chi connectivity index (χ1n) is 3.00. The molecule has 0 unspecified atom stereocenters. The van der Waals surface area contributed by atoms with Gasteiger partial charge in [0.05, 0.1) is 11.6 Å². The molecule has 0 aliphatic heterocycles. The van der Waals surface area contributed by atoms with Crippen LogP contribution in [0.2, 0.25) is 0 Å². The van der Waals surface area contributed by atoms with Gasteiger partial charge >= 0.3 is 0 Å². The average Bonchev–Trinajstić information content (AvgIpc) is 1.97. The highest BCUT2D eigenvalue weighted by atomic mass is 35.5. The van der Waals surface area contributed by atoms with Crippen LogP contribution in [0.15, 0.2) is 34.7 Å². The van der Waals surface area contributed by atoms with E-state index in [0.29, 0.717) is 16.2 Å². The zero-order chi connectivity index (χ0) is 8.59. The molecule has 0 saturated carbocycles. The normalized spacial score (nSPS) is 19.1. The minimum Gasteiger partial charge on any atom is -0.173 e. The predicted octanol–water partition coefficient (Wildman–Crippen LogP) is 3.69. The quantitative estimate of drug-likeness (QED) is 0.513. The Morgan fingerprint density at radius 2 is 2.18 bits per heavy atom. The lowest BCUT2D eigenvalue weighted by Gasteiger charge is -2.06. The van der Waals surface area contributed by atoms with Crippen LogP contribution in [0.1, 0.15) is 6.92 Å². The van der Waals surface area contributed by atoms with Gasteiger partial charge in [-0.25, -0.2) is 0 Å². The lowest BCUT2D eigenvalue weighted by molar-refractivity contribution is 0.640. The van der Waals surface area contributed by atoms with Crippen LogP contribution in [0, 0.1) is 5.38 Å². The standard InChI is InChI=1S/C8H6Cl2F/c1-4-3-6(11)8(10)5(2)7(4)9/h3H,1H2,2H3/q+1. The van der Waals surface area contributed by atoms with Crippen molar-refractivity contribution in [1.29, 1.82) is 0 Å². The maximum Gasteiger partial charge on any atom is 0.251 e. The van der Waals surface area contributed by atoms with Crippen molar-refractivity contribution in [3.63, 3.8) is 0 Å². The summed E-state index contributed by atoms with van der Waals surface area (Å²) >= 11 is 11.3. The van der Waals surface area contributed by atoms with Gasteiger partial charge in [0, 0.05) is 23.2 Å². The Labute approximate surface area is 75.0 Å². The molecule has 0 saturated heterocycles. The maximum atomic E-state index is 12.8. The summed E-state index contributed by atoms with van der Waals surface area (Å²) < 4.78 is 12.8. The summed E-state index contributed by atoms with van der Waals surface area (Å²) in [7, 11) is 0. The molecule has 0 aromatic rings. The van der Waals surface area contributed by atoms with Gasteiger partial charge in [0.1, 0.15) is 5.57 Å². The summed E-state index contributed by atoms with van der Waals surface area (Å²) in [5.74, 6) is -0.474. The molecular weight excluding hydrogens is 186 g/mol. The van der Waals surface area contributed by atoms with Crippen molar-refractivity contribution in [3.8, 4) is 0 Å². The number of allylic oxidation sites excluding steroid dienone is 5. The van der Waals surface area contributed by atoms with Crippen molar-refractivity contribution in [2.45, 2.75) is 6.92 Å². The van der Waals surface area contributed by atoms with Gasteiger partial charge in [-0.05, 0) is 6.92 Å². The number of hydrogen-bond acceptors (Lipinski definition) is 0. The van der Waals surface area contributed by atoms with Gasteiger partial charge in [0.15, 0.2) is 10.4 Å². The minimum absolute atomic E-state index is 0.0717. The Morgan fingerprint density at radius 1 is 1.64 bits per heavy atom. The molecule has 1 rings (SSSR count). The molecule has 0 fully saturated rings. The van der Waals surface area contributed by atoms with Crippen molar-refractivity contribution in [2.24, 2.45) is 0 Å². The lowest BCUT2D eigenvalue weighted by atomic mass is 10.0. The van der Waals surface area contributed by atoms with E-state index < -0.39 is 5.83 Å². The highest BCUT2D eigenvalue weighted by molar-refractivity contribution is 6.37. The molecule has 1 aliphatic rings. The van der Waals surface area contributed by atoms with Gasteiger partial charge in [-0.3, -0.25) is 0 Å². The smallest absolute Gasteiger partial charge is 0.173 e. The molecule has 0 aromatic heterocycles. The Morgan fingerprint density at radius 3 is 2.73 bits per heavy atom. The molecule has 0 radical (unpaired) electrons. The fourth-order valence-electron chi connectivity index (χ4n) is 0.796. The van der Waals surface area contributed by atoms with Gasteiger partial charge in [0.25, 0.3) is 5.83 Å². The van der Waals surface area contributed by atoms with Crippen LogP contribution in [0.5, 0.6) is 0 Å². The average molecular weight is 192 g/mol. The Hall–Kier alpha value is -0.400. The molecule has 0 nitrogen and oxygen atoms in total. The molecule has 3 heteroatoms. The Bertz CT molecular complexity index is 263. The third-order valence-corrected chi connectivity index (χ3v) is 2.44. The lowest BCUT2D eigenvalue weighted by Crippen LogP contribution is -2.00. The second-order valence-corrected chi connectivity index (χ2v) is 3.03. The molecule has 0 heterocycles. The second-order valence-electron chi connectivity index (χ2n) is 2.27. The molecule has 58 valence electrons. The summed E-state index contributed by atoms with van der Waals surface area (Å²) in [5.41, 5.74) is 1.00. The van der Waals surface area contributed by atoms with E-state index in [9.17, 15) is 4.39 Å². The first-order chi connectivity index (χ1) is 5.04. The zero-order valence-electron chi connectivity index (χ0n) is 5.92. The van der Waals surface area contributed by atoms with Crippen LogP contribution < -0.4 is 0 Å². The summed E-state index contributed by atoms with van der Waals surface area (Å²) in [6.45, 7) is 5.21. The van der Waals surface area contributed by atoms with E-state index >= 15 is 0 Å². The summed E-state index contributed by atoms with van der Waals surface area (Å²) in [5, 5.41) is 0.499. The van der Waals surface area contributed by atoms with E-state index in [1.54, 1.807) is 6.92 Å². The first-order valence-corrected chi connectivity index (χ1v) is 3.75. The summed E-state index contributed by atoms with van der Waals surface area (Å²) in [4.78, 5) is 0. The van der Waals surface area contributed by atoms with Gasteiger partial charge in [-0.1, -0.05) is 6.58 Å². The van der Waals surface area contributed by atoms with Gasteiger partial charge < -0.3 is 0 Å². The van der Waals surface area contributed by atoms with Crippen LogP contribution >= 0.6 is 23.2 Å². The number of rotatable bonds is 0. The monoisotopic (exact) mass is 191 g/mol. The van der Waals surface area contributed by atoms with E-state index in [0.717, 1.165) is 0 Å². The van der Waals surface area contributed by atoms with Crippen LogP contribution in [0.4, 0.5) is 4.39 Å².